The normalized spacial score (nSPS) is 31.4. The van der Waals surface area contributed by atoms with Crippen LogP contribution in [-0.4, -0.2) is 34.7 Å². The van der Waals surface area contributed by atoms with Crippen LogP contribution in [-0.2, 0) is 16.3 Å². The van der Waals surface area contributed by atoms with Gasteiger partial charge in [-0.1, -0.05) is 0 Å². The fourth-order valence-corrected chi connectivity index (χ4v) is 4.49. The highest BCUT2D eigenvalue weighted by atomic mass is 32.2. The van der Waals surface area contributed by atoms with Gasteiger partial charge in [-0.2, -0.15) is 5.10 Å². The van der Waals surface area contributed by atoms with Crippen LogP contribution in [0.2, 0.25) is 0 Å². The Morgan fingerprint density at radius 2 is 2.18 bits per heavy atom. The molecule has 0 amide bonds. The first-order chi connectivity index (χ1) is 8.05. The molecule has 2 aliphatic rings. The van der Waals surface area contributed by atoms with Crippen LogP contribution in [0.15, 0.2) is 0 Å². The van der Waals surface area contributed by atoms with Crippen molar-refractivity contribution in [2.24, 2.45) is 0 Å². The molecule has 3 heterocycles. The third-order valence-electron chi connectivity index (χ3n) is 3.76. The molecule has 0 N–H and O–H groups in total. The molecule has 2 unspecified atom stereocenters. The van der Waals surface area contributed by atoms with E-state index in [1.807, 2.05) is 4.68 Å². The summed E-state index contributed by atoms with van der Waals surface area (Å²) in [6.07, 6.45) is 3.94. The summed E-state index contributed by atoms with van der Waals surface area (Å²) in [5.41, 5.74) is 0. The second kappa shape index (κ2) is 3.80. The van der Waals surface area contributed by atoms with Crippen molar-refractivity contribution < 1.29 is 8.42 Å². The molecule has 17 heavy (non-hydrogen) atoms. The van der Waals surface area contributed by atoms with Crippen LogP contribution in [0.1, 0.15) is 49.8 Å². The van der Waals surface area contributed by atoms with Crippen LogP contribution in [0, 0.1) is 0 Å². The number of nitrogens with zero attached hydrogens (tertiary/aromatic N) is 3. The summed E-state index contributed by atoms with van der Waals surface area (Å²) >= 11 is 0. The SMILES string of the molecule is CC1CCCc2nc(C3CCS(=O)(=O)C3)nn21. The first kappa shape index (κ1) is 11.2. The van der Waals surface area contributed by atoms with Gasteiger partial charge in [-0.05, 0) is 26.2 Å². The molecule has 0 spiro atoms. The predicted octanol–water partition coefficient (Wildman–Crippen LogP) is 1.08. The van der Waals surface area contributed by atoms with Crippen LogP contribution in [0.4, 0.5) is 0 Å². The van der Waals surface area contributed by atoms with Gasteiger partial charge in [0.25, 0.3) is 0 Å². The van der Waals surface area contributed by atoms with Crippen LogP contribution in [0.3, 0.4) is 0 Å². The second-order valence-corrected chi connectivity index (χ2v) is 7.40. The molecule has 1 aromatic rings. The van der Waals surface area contributed by atoms with E-state index >= 15 is 0 Å². The number of hydrogen-bond donors (Lipinski definition) is 0. The van der Waals surface area contributed by atoms with Crippen molar-refractivity contribution in [1.82, 2.24) is 14.8 Å². The zero-order chi connectivity index (χ0) is 12.0. The quantitative estimate of drug-likeness (QED) is 0.753. The zero-order valence-corrected chi connectivity index (χ0v) is 10.8. The monoisotopic (exact) mass is 255 g/mol. The molecule has 3 rings (SSSR count). The van der Waals surface area contributed by atoms with Crippen molar-refractivity contribution in [3.8, 4) is 0 Å². The first-order valence-corrected chi connectivity index (χ1v) is 8.03. The Kier molecular flexibility index (Phi) is 2.50. The van der Waals surface area contributed by atoms with Gasteiger partial charge < -0.3 is 0 Å². The second-order valence-electron chi connectivity index (χ2n) is 5.17. The number of aromatic nitrogens is 3. The molecule has 0 radical (unpaired) electrons. The third-order valence-corrected chi connectivity index (χ3v) is 5.52. The van der Waals surface area contributed by atoms with Gasteiger partial charge >= 0.3 is 0 Å². The van der Waals surface area contributed by atoms with E-state index in [1.54, 1.807) is 0 Å². The Morgan fingerprint density at radius 1 is 1.35 bits per heavy atom. The highest BCUT2D eigenvalue weighted by Gasteiger charge is 2.33. The minimum Gasteiger partial charge on any atom is -0.247 e. The number of aryl methyl sites for hydroxylation is 1. The van der Waals surface area contributed by atoms with Crippen LogP contribution in [0.5, 0.6) is 0 Å². The highest BCUT2D eigenvalue weighted by molar-refractivity contribution is 7.91. The predicted molar refractivity (Wildman–Crippen MR) is 63.7 cm³/mol. The molecule has 0 aliphatic carbocycles. The van der Waals surface area contributed by atoms with Gasteiger partial charge in [0.05, 0.1) is 17.5 Å². The minimum atomic E-state index is -2.85. The maximum absolute atomic E-state index is 11.5. The summed E-state index contributed by atoms with van der Waals surface area (Å²) in [5.74, 6) is 2.31. The molecular formula is C11H17N3O2S. The van der Waals surface area contributed by atoms with E-state index in [2.05, 4.69) is 17.0 Å². The number of fused-ring (bicyclic) bond motifs is 1. The largest absolute Gasteiger partial charge is 0.247 e. The summed E-state index contributed by atoms with van der Waals surface area (Å²) in [4.78, 5) is 4.54. The van der Waals surface area contributed by atoms with Gasteiger partial charge in [-0.15, -0.1) is 0 Å². The molecule has 1 fully saturated rings. The number of rotatable bonds is 1. The zero-order valence-electron chi connectivity index (χ0n) is 9.96. The van der Waals surface area contributed by atoms with Gasteiger partial charge in [-0.3, -0.25) is 0 Å². The standard InChI is InChI=1S/C11H17N3O2S/c1-8-3-2-4-10-12-11(13-14(8)10)9-5-6-17(15,16)7-9/h8-9H,2-7H2,1H3. The van der Waals surface area contributed by atoms with E-state index in [4.69, 9.17) is 0 Å². The molecule has 5 nitrogen and oxygen atoms in total. The van der Waals surface area contributed by atoms with Crippen molar-refractivity contribution in [2.75, 3.05) is 11.5 Å². The van der Waals surface area contributed by atoms with Gasteiger partial charge in [0.1, 0.15) is 5.82 Å². The van der Waals surface area contributed by atoms with Gasteiger partial charge in [0.2, 0.25) is 0 Å². The van der Waals surface area contributed by atoms with E-state index in [1.165, 1.54) is 0 Å². The average molecular weight is 255 g/mol. The topological polar surface area (TPSA) is 64.8 Å². The molecule has 1 saturated heterocycles. The Bertz CT molecular complexity index is 535. The highest BCUT2D eigenvalue weighted by Crippen LogP contribution is 2.29. The molecular weight excluding hydrogens is 238 g/mol. The Balaban J connectivity index is 1.90. The van der Waals surface area contributed by atoms with E-state index < -0.39 is 9.84 Å². The van der Waals surface area contributed by atoms with Gasteiger partial charge in [-0.25, -0.2) is 18.1 Å². The lowest BCUT2D eigenvalue weighted by Gasteiger charge is -2.18. The number of hydrogen-bond acceptors (Lipinski definition) is 4. The van der Waals surface area contributed by atoms with Crippen molar-refractivity contribution in [3.63, 3.8) is 0 Å². The molecule has 0 aromatic carbocycles. The van der Waals surface area contributed by atoms with E-state index in [0.29, 0.717) is 12.5 Å². The van der Waals surface area contributed by atoms with Gasteiger partial charge in [0.15, 0.2) is 15.7 Å². The Morgan fingerprint density at radius 3 is 2.82 bits per heavy atom. The maximum Gasteiger partial charge on any atom is 0.155 e. The molecule has 2 aliphatic heterocycles. The minimum absolute atomic E-state index is 0.0188. The summed E-state index contributed by atoms with van der Waals surface area (Å²) < 4.78 is 24.9. The van der Waals surface area contributed by atoms with Crippen LogP contribution in [0.25, 0.3) is 0 Å². The van der Waals surface area contributed by atoms with Crippen molar-refractivity contribution >= 4 is 9.84 Å². The molecule has 94 valence electrons. The van der Waals surface area contributed by atoms with E-state index in [0.717, 1.165) is 30.9 Å². The van der Waals surface area contributed by atoms with E-state index in [9.17, 15) is 8.42 Å². The van der Waals surface area contributed by atoms with Crippen LogP contribution < -0.4 is 0 Å². The fourth-order valence-electron chi connectivity index (χ4n) is 2.75. The van der Waals surface area contributed by atoms with Crippen molar-refractivity contribution in [3.05, 3.63) is 11.6 Å². The van der Waals surface area contributed by atoms with Crippen molar-refractivity contribution in [2.45, 2.75) is 44.6 Å². The number of sulfone groups is 1. The Hall–Kier alpha value is -0.910. The summed E-state index contributed by atoms with van der Waals surface area (Å²) in [5, 5.41) is 4.52. The first-order valence-electron chi connectivity index (χ1n) is 6.21. The molecule has 1 aromatic heterocycles. The summed E-state index contributed by atoms with van der Waals surface area (Å²) in [7, 11) is -2.85. The summed E-state index contributed by atoms with van der Waals surface area (Å²) in [6.45, 7) is 2.15. The lowest BCUT2D eigenvalue weighted by atomic mass is 10.1. The molecule has 6 heteroatoms. The fraction of sp³-hybridized carbons (Fsp3) is 0.818. The molecule has 2 atom stereocenters. The lowest BCUT2D eigenvalue weighted by molar-refractivity contribution is 0.386. The van der Waals surface area contributed by atoms with Crippen molar-refractivity contribution in [1.29, 1.82) is 0 Å². The molecule has 0 bridgehead atoms. The molecule has 0 saturated carbocycles. The summed E-state index contributed by atoms with van der Waals surface area (Å²) in [6, 6.07) is 0.401. The Labute approximate surface area is 101 Å². The van der Waals surface area contributed by atoms with E-state index in [-0.39, 0.29) is 17.4 Å². The lowest BCUT2D eigenvalue weighted by Crippen LogP contribution is -2.16. The van der Waals surface area contributed by atoms with Crippen LogP contribution >= 0.6 is 0 Å². The van der Waals surface area contributed by atoms with Gasteiger partial charge in [0, 0.05) is 12.3 Å². The average Bonchev–Trinajstić information content (AvgIpc) is 2.82. The maximum atomic E-state index is 11.5. The third kappa shape index (κ3) is 1.99. The smallest absolute Gasteiger partial charge is 0.155 e.